The third-order valence-electron chi connectivity index (χ3n) is 1.50. The zero-order chi connectivity index (χ0) is 10.6. The van der Waals surface area contributed by atoms with Crippen LogP contribution in [0, 0.1) is 0 Å². The monoisotopic (exact) mass is 216 g/mol. The Morgan fingerprint density at radius 2 is 2.50 bits per heavy atom. The van der Waals surface area contributed by atoms with E-state index in [1.807, 2.05) is 0 Å². The molecule has 0 fully saturated rings. The zero-order valence-electron chi connectivity index (χ0n) is 8.30. The molecule has 1 atom stereocenters. The van der Waals surface area contributed by atoms with Gasteiger partial charge in [-0.25, -0.2) is 14.5 Å². The van der Waals surface area contributed by atoms with Crippen LogP contribution in [0.5, 0.6) is 0 Å². The van der Waals surface area contributed by atoms with E-state index in [0.717, 1.165) is 11.5 Å². The van der Waals surface area contributed by atoms with Crippen molar-refractivity contribution in [2.45, 2.75) is 19.9 Å². The Kier molecular flexibility index (Phi) is 3.75. The molecule has 1 unspecified atom stereocenters. The minimum absolute atomic E-state index is 0.332. The summed E-state index contributed by atoms with van der Waals surface area (Å²) in [5.74, 6) is -0.332. The second-order valence-electron chi connectivity index (χ2n) is 2.63. The molecule has 0 aliphatic carbocycles. The van der Waals surface area contributed by atoms with Gasteiger partial charge >= 0.3 is 5.97 Å². The van der Waals surface area contributed by atoms with E-state index in [2.05, 4.69) is 14.7 Å². The first kappa shape index (κ1) is 10.8. The lowest BCUT2D eigenvalue weighted by atomic mass is 10.4. The van der Waals surface area contributed by atoms with Crippen molar-refractivity contribution in [2.24, 2.45) is 12.0 Å². The van der Waals surface area contributed by atoms with E-state index < -0.39 is 6.04 Å². The third-order valence-corrected chi connectivity index (χ3v) is 2.19. The van der Waals surface area contributed by atoms with Crippen LogP contribution in [0.25, 0.3) is 0 Å². The molecule has 0 N–H and O–H groups in total. The maximum Gasteiger partial charge on any atom is 0.330 e. The number of hydrogen-bond acceptors (Lipinski definition) is 6. The van der Waals surface area contributed by atoms with Crippen LogP contribution >= 0.6 is 11.5 Å². The summed E-state index contributed by atoms with van der Waals surface area (Å²) >= 11 is 1.14. The number of aromatic nitrogens is 3. The van der Waals surface area contributed by atoms with Gasteiger partial charge in [0.2, 0.25) is 4.80 Å². The first-order chi connectivity index (χ1) is 6.65. The van der Waals surface area contributed by atoms with Gasteiger partial charge in [0, 0.05) is 18.6 Å². The maximum atomic E-state index is 11.2. The Hall–Kier alpha value is -1.24. The molecule has 6 nitrogen and oxygen atoms in total. The molecule has 0 aliphatic rings. The van der Waals surface area contributed by atoms with Gasteiger partial charge < -0.3 is 4.74 Å². The van der Waals surface area contributed by atoms with E-state index in [4.69, 9.17) is 4.74 Å². The molecule has 0 bridgehead atoms. The zero-order valence-corrected chi connectivity index (χ0v) is 9.11. The maximum absolute atomic E-state index is 11.2. The molecule has 1 aromatic heterocycles. The molecule has 1 rings (SSSR count). The minimum Gasteiger partial charge on any atom is -0.464 e. The van der Waals surface area contributed by atoms with E-state index in [-0.39, 0.29) is 5.97 Å². The molecular weight excluding hydrogens is 204 g/mol. The van der Waals surface area contributed by atoms with Crippen molar-refractivity contribution >= 4 is 17.5 Å². The van der Waals surface area contributed by atoms with Crippen molar-refractivity contribution in [1.29, 1.82) is 0 Å². The summed E-state index contributed by atoms with van der Waals surface area (Å²) in [6, 6.07) is -0.511. The summed E-state index contributed by atoms with van der Waals surface area (Å²) < 4.78 is 10.0. The van der Waals surface area contributed by atoms with E-state index in [9.17, 15) is 4.79 Å². The van der Waals surface area contributed by atoms with E-state index in [1.165, 1.54) is 4.68 Å². The summed E-state index contributed by atoms with van der Waals surface area (Å²) in [6.07, 6.45) is 0. The molecule has 14 heavy (non-hydrogen) atoms. The van der Waals surface area contributed by atoms with Gasteiger partial charge in [0.1, 0.15) is 6.04 Å². The van der Waals surface area contributed by atoms with Crippen LogP contribution in [-0.2, 0) is 16.6 Å². The van der Waals surface area contributed by atoms with Crippen molar-refractivity contribution in [3.05, 3.63) is 4.80 Å². The third kappa shape index (κ3) is 2.63. The second kappa shape index (κ2) is 4.85. The summed E-state index contributed by atoms with van der Waals surface area (Å²) in [5, 5.41) is 3.71. The molecule has 78 valence electrons. The number of carbonyl (C=O) groups is 1. The molecule has 0 saturated carbocycles. The lowest BCUT2D eigenvalue weighted by Gasteiger charge is -2.03. The van der Waals surface area contributed by atoms with Crippen LogP contribution in [0.1, 0.15) is 13.8 Å². The first-order valence-electron chi connectivity index (χ1n) is 4.21. The largest absolute Gasteiger partial charge is 0.464 e. The van der Waals surface area contributed by atoms with Crippen LogP contribution in [0.4, 0.5) is 0 Å². The average Bonchev–Trinajstić information content (AvgIpc) is 2.52. The number of rotatable bonds is 3. The van der Waals surface area contributed by atoms with Crippen LogP contribution < -0.4 is 4.80 Å². The Labute approximate surface area is 85.4 Å². The number of nitrogens with zero attached hydrogens (tertiary/aromatic N) is 4. The van der Waals surface area contributed by atoms with E-state index in [1.54, 1.807) is 20.9 Å². The lowest BCUT2D eigenvalue weighted by Crippen LogP contribution is -2.23. The summed E-state index contributed by atoms with van der Waals surface area (Å²) in [7, 11) is 1.72. The van der Waals surface area contributed by atoms with Gasteiger partial charge in [0.25, 0.3) is 0 Å². The highest BCUT2D eigenvalue weighted by molar-refractivity contribution is 7.02. The normalized spacial score (nSPS) is 14.1. The number of aryl methyl sites for hydroxylation is 1. The number of carbonyl (C=O) groups excluding carboxylic acids is 1. The van der Waals surface area contributed by atoms with Gasteiger partial charge in [0.15, 0.2) is 0 Å². The fourth-order valence-electron chi connectivity index (χ4n) is 0.795. The molecule has 1 aromatic rings. The number of ether oxygens (including phenoxy) is 1. The summed E-state index contributed by atoms with van der Waals surface area (Å²) in [4.78, 5) is 15.9. The smallest absolute Gasteiger partial charge is 0.330 e. The second-order valence-corrected chi connectivity index (χ2v) is 3.34. The van der Waals surface area contributed by atoms with E-state index in [0.29, 0.717) is 11.4 Å². The van der Waals surface area contributed by atoms with Gasteiger partial charge in [-0.15, -0.1) is 0 Å². The Morgan fingerprint density at radius 1 is 1.79 bits per heavy atom. The fourth-order valence-corrected chi connectivity index (χ4v) is 1.37. The quantitative estimate of drug-likeness (QED) is 0.652. The Morgan fingerprint density at radius 3 is 3.00 bits per heavy atom. The average molecular weight is 216 g/mol. The van der Waals surface area contributed by atoms with Crippen molar-refractivity contribution in [3.63, 3.8) is 0 Å². The lowest BCUT2D eigenvalue weighted by molar-refractivity contribution is -0.144. The number of hydrogen-bond donors (Lipinski definition) is 0. The van der Waals surface area contributed by atoms with Gasteiger partial charge in [-0.3, -0.25) is 0 Å². The predicted octanol–water partition coefficient (Wildman–Crippen LogP) is -0.271. The van der Waals surface area contributed by atoms with Crippen molar-refractivity contribution in [2.75, 3.05) is 6.61 Å². The van der Waals surface area contributed by atoms with Crippen molar-refractivity contribution < 1.29 is 9.53 Å². The summed E-state index contributed by atoms with van der Waals surface area (Å²) in [5.41, 5.74) is 0. The topological polar surface area (TPSA) is 69.4 Å². The predicted molar refractivity (Wildman–Crippen MR) is 50.5 cm³/mol. The molecule has 7 heteroatoms. The molecule has 0 spiro atoms. The standard InChI is InChI=1S/C7H12N4O2S/c1-4-13-6(12)5(2)8-7-11(3)9-10-14-7/h5H,4H2,1-3H3. The molecule has 1 heterocycles. The van der Waals surface area contributed by atoms with Crippen molar-refractivity contribution in [3.8, 4) is 0 Å². The highest BCUT2D eigenvalue weighted by Gasteiger charge is 2.12. The Balaban J connectivity index is 2.78. The molecule has 0 aliphatic heterocycles. The molecular formula is C7H12N4O2S. The van der Waals surface area contributed by atoms with Crippen LogP contribution in [0.15, 0.2) is 4.99 Å². The molecule has 0 amide bonds. The first-order valence-corrected chi connectivity index (χ1v) is 4.98. The molecule has 0 aromatic carbocycles. The number of esters is 1. The van der Waals surface area contributed by atoms with E-state index >= 15 is 0 Å². The van der Waals surface area contributed by atoms with Crippen molar-refractivity contribution in [1.82, 2.24) is 14.4 Å². The van der Waals surface area contributed by atoms with Crippen LogP contribution in [0.2, 0.25) is 0 Å². The van der Waals surface area contributed by atoms with Gasteiger partial charge in [0.05, 0.1) is 6.61 Å². The summed E-state index contributed by atoms with van der Waals surface area (Å²) in [6.45, 7) is 3.81. The highest BCUT2D eigenvalue weighted by Crippen LogP contribution is 1.92. The Bertz CT molecular complexity index is 370. The van der Waals surface area contributed by atoms with Gasteiger partial charge in [-0.2, -0.15) is 0 Å². The molecule has 0 saturated heterocycles. The minimum atomic E-state index is -0.511. The molecule has 0 radical (unpaired) electrons. The van der Waals surface area contributed by atoms with Crippen LogP contribution in [-0.4, -0.2) is 33.0 Å². The SMILES string of the molecule is CCOC(=O)C(C)N=c1snnn1C. The highest BCUT2D eigenvalue weighted by atomic mass is 32.1. The fraction of sp³-hybridized carbons (Fsp3) is 0.714. The van der Waals surface area contributed by atoms with Gasteiger partial charge in [-0.05, 0) is 13.8 Å². The van der Waals surface area contributed by atoms with Crippen LogP contribution in [0.3, 0.4) is 0 Å². The van der Waals surface area contributed by atoms with Gasteiger partial charge in [-0.1, -0.05) is 9.70 Å².